The quantitative estimate of drug-likeness (QED) is 0.384. The Morgan fingerprint density at radius 1 is 1.21 bits per heavy atom. The molecule has 3 rings (SSSR count). The van der Waals surface area contributed by atoms with Crippen LogP contribution in [-0.4, -0.2) is 20.9 Å². The van der Waals surface area contributed by atoms with E-state index in [1.54, 1.807) is 13.0 Å². The molecule has 0 bridgehead atoms. The number of aryl methyl sites for hydroxylation is 2. The van der Waals surface area contributed by atoms with Crippen LogP contribution in [0.3, 0.4) is 0 Å². The Balaban J connectivity index is 2.45. The molecule has 0 unspecified atom stereocenters. The number of benzene rings is 1. The topological polar surface area (TPSA) is 44.1 Å². The highest BCUT2D eigenvalue weighted by atomic mass is 19.1. The van der Waals surface area contributed by atoms with E-state index >= 15 is 4.39 Å². The molecule has 0 saturated heterocycles. The van der Waals surface area contributed by atoms with Crippen molar-refractivity contribution < 1.29 is 13.9 Å². The SMILES string of the molecule is CCCCc1c(C)c(F)cc(-c2c([C@H](OC(C)(C)C)C(C)=O)c(C)nc3c2ccn3C)c1C. The molecule has 0 spiro atoms. The van der Waals surface area contributed by atoms with E-state index < -0.39 is 11.7 Å². The van der Waals surface area contributed by atoms with Crippen molar-refractivity contribution in [2.24, 2.45) is 7.05 Å². The van der Waals surface area contributed by atoms with Crippen LogP contribution in [0.15, 0.2) is 18.3 Å². The van der Waals surface area contributed by atoms with Gasteiger partial charge in [-0.25, -0.2) is 9.37 Å². The van der Waals surface area contributed by atoms with Crippen LogP contribution in [0.2, 0.25) is 0 Å². The van der Waals surface area contributed by atoms with Crippen LogP contribution in [0.4, 0.5) is 4.39 Å². The van der Waals surface area contributed by atoms with E-state index in [-0.39, 0.29) is 11.6 Å². The molecule has 0 aliphatic heterocycles. The van der Waals surface area contributed by atoms with E-state index in [1.165, 1.54) is 0 Å². The van der Waals surface area contributed by atoms with E-state index in [4.69, 9.17) is 9.72 Å². The summed E-state index contributed by atoms with van der Waals surface area (Å²) in [6.07, 6.45) is 4.02. The minimum absolute atomic E-state index is 0.0946. The second kappa shape index (κ2) is 9.38. The number of rotatable bonds is 7. The Morgan fingerprint density at radius 3 is 2.45 bits per heavy atom. The third-order valence-electron chi connectivity index (χ3n) is 6.33. The third kappa shape index (κ3) is 4.89. The van der Waals surface area contributed by atoms with Crippen molar-refractivity contribution in [3.8, 4) is 11.1 Å². The van der Waals surface area contributed by atoms with E-state index in [1.807, 2.05) is 58.5 Å². The number of carbonyl (C=O) groups is 1. The van der Waals surface area contributed by atoms with Crippen molar-refractivity contribution in [1.29, 1.82) is 0 Å². The lowest BCUT2D eigenvalue weighted by Gasteiger charge is -2.29. The normalized spacial score (nSPS) is 13.0. The van der Waals surface area contributed by atoms with Crippen LogP contribution in [0.1, 0.15) is 81.5 Å². The molecule has 2 heterocycles. The first kappa shape index (κ1) is 25.1. The van der Waals surface area contributed by atoms with Gasteiger partial charge >= 0.3 is 0 Å². The highest BCUT2D eigenvalue weighted by Gasteiger charge is 2.31. The van der Waals surface area contributed by atoms with Crippen molar-refractivity contribution in [2.75, 3.05) is 0 Å². The predicted molar refractivity (Wildman–Crippen MR) is 133 cm³/mol. The first-order valence-corrected chi connectivity index (χ1v) is 11.8. The minimum atomic E-state index is -0.792. The zero-order valence-corrected chi connectivity index (χ0v) is 21.5. The van der Waals surface area contributed by atoms with Crippen LogP contribution in [0.25, 0.3) is 22.2 Å². The standard InChI is InChI=1S/C28H37FN2O2/c1-10-11-12-20-16(2)22(15-23(29)17(20)3)25-21-13-14-31(9)27(21)30-18(4)24(25)26(19(5)32)33-28(6,7)8/h13-15,26H,10-12H2,1-9H3/t26-/m1/s1. The summed E-state index contributed by atoms with van der Waals surface area (Å²) in [6, 6.07) is 3.62. The van der Waals surface area contributed by atoms with E-state index in [0.29, 0.717) is 5.56 Å². The molecule has 1 aromatic carbocycles. The maximum absolute atomic E-state index is 15.3. The zero-order chi connectivity index (χ0) is 24.7. The molecular weight excluding hydrogens is 415 g/mol. The van der Waals surface area contributed by atoms with Crippen LogP contribution in [0.5, 0.6) is 0 Å². The number of ether oxygens (including phenoxy) is 1. The number of nitrogens with zero attached hydrogens (tertiary/aromatic N) is 2. The Bertz CT molecular complexity index is 1200. The van der Waals surface area contributed by atoms with Gasteiger partial charge in [0.25, 0.3) is 0 Å². The van der Waals surface area contributed by atoms with Crippen molar-refractivity contribution in [3.05, 3.63) is 52.1 Å². The largest absolute Gasteiger partial charge is 0.360 e. The third-order valence-corrected chi connectivity index (χ3v) is 6.33. The molecule has 5 heteroatoms. The van der Waals surface area contributed by atoms with Crippen molar-refractivity contribution in [3.63, 3.8) is 0 Å². The molecule has 0 saturated carbocycles. The maximum atomic E-state index is 15.3. The van der Waals surface area contributed by atoms with Crippen LogP contribution >= 0.6 is 0 Å². The number of ketones is 1. The molecular formula is C28H37FN2O2. The lowest BCUT2D eigenvalue weighted by Crippen LogP contribution is -2.27. The highest BCUT2D eigenvalue weighted by molar-refractivity contribution is 5.99. The summed E-state index contributed by atoms with van der Waals surface area (Å²) in [6.45, 7) is 15.3. The fourth-order valence-corrected chi connectivity index (χ4v) is 4.63. The summed E-state index contributed by atoms with van der Waals surface area (Å²) < 4.78 is 23.5. The summed E-state index contributed by atoms with van der Waals surface area (Å²) in [5.41, 5.74) is 6.18. The summed E-state index contributed by atoms with van der Waals surface area (Å²) >= 11 is 0. The number of hydrogen-bond donors (Lipinski definition) is 0. The monoisotopic (exact) mass is 452 g/mol. The maximum Gasteiger partial charge on any atom is 0.163 e. The van der Waals surface area contributed by atoms with Gasteiger partial charge in [-0.1, -0.05) is 13.3 Å². The van der Waals surface area contributed by atoms with Gasteiger partial charge in [-0.2, -0.15) is 0 Å². The van der Waals surface area contributed by atoms with Gasteiger partial charge in [0, 0.05) is 35.5 Å². The molecule has 0 radical (unpaired) electrons. The molecule has 1 atom stereocenters. The average molecular weight is 453 g/mol. The molecule has 0 fully saturated rings. The Labute approximate surface area is 197 Å². The number of carbonyl (C=O) groups excluding carboxylic acids is 1. The first-order chi connectivity index (χ1) is 15.4. The van der Waals surface area contributed by atoms with Crippen molar-refractivity contribution >= 4 is 16.8 Å². The van der Waals surface area contributed by atoms with Crippen molar-refractivity contribution in [2.45, 2.75) is 86.4 Å². The molecule has 0 aliphatic rings. The summed E-state index contributed by atoms with van der Waals surface area (Å²) in [7, 11) is 1.95. The van der Waals surface area contributed by atoms with Crippen LogP contribution < -0.4 is 0 Å². The number of aromatic nitrogens is 2. The van der Waals surface area contributed by atoms with Gasteiger partial charge in [-0.3, -0.25) is 4.79 Å². The number of Topliss-reactive ketones (excluding diaryl/α,β-unsaturated/α-hetero) is 1. The molecule has 3 aromatic rings. The molecule has 0 amide bonds. The Hall–Kier alpha value is -2.53. The number of hydrogen-bond acceptors (Lipinski definition) is 3. The summed E-state index contributed by atoms with van der Waals surface area (Å²) in [5.74, 6) is -0.315. The molecule has 0 aliphatic carbocycles. The van der Waals surface area contributed by atoms with E-state index in [9.17, 15) is 4.79 Å². The number of fused-ring (bicyclic) bond motifs is 1. The average Bonchev–Trinajstić information content (AvgIpc) is 3.08. The molecule has 2 aromatic heterocycles. The smallest absolute Gasteiger partial charge is 0.163 e. The number of unbranched alkanes of at least 4 members (excludes halogenated alkanes) is 1. The fraction of sp³-hybridized carbons (Fsp3) is 0.500. The van der Waals surface area contributed by atoms with Crippen LogP contribution in [-0.2, 0) is 23.0 Å². The van der Waals surface area contributed by atoms with Crippen LogP contribution in [0, 0.1) is 26.6 Å². The summed E-state index contributed by atoms with van der Waals surface area (Å²) in [5, 5.41) is 0.898. The molecule has 0 N–H and O–H groups in total. The fourth-order valence-electron chi connectivity index (χ4n) is 4.63. The molecule has 33 heavy (non-hydrogen) atoms. The number of pyridine rings is 1. The van der Waals surface area contributed by atoms with Gasteiger partial charge in [0.1, 0.15) is 17.6 Å². The second-order valence-corrected chi connectivity index (χ2v) is 10.1. The number of halogens is 1. The van der Waals surface area contributed by atoms with Crippen molar-refractivity contribution in [1.82, 2.24) is 9.55 Å². The minimum Gasteiger partial charge on any atom is -0.360 e. The molecule has 4 nitrogen and oxygen atoms in total. The lowest BCUT2D eigenvalue weighted by atomic mass is 9.85. The van der Waals surface area contributed by atoms with E-state index in [2.05, 4.69) is 13.8 Å². The second-order valence-electron chi connectivity index (χ2n) is 10.1. The first-order valence-electron chi connectivity index (χ1n) is 11.8. The highest BCUT2D eigenvalue weighted by Crippen LogP contribution is 2.42. The van der Waals surface area contributed by atoms with Gasteiger partial charge in [-0.15, -0.1) is 0 Å². The van der Waals surface area contributed by atoms with Gasteiger partial charge < -0.3 is 9.30 Å². The zero-order valence-electron chi connectivity index (χ0n) is 21.5. The predicted octanol–water partition coefficient (Wildman–Crippen LogP) is 7.09. The lowest BCUT2D eigenvalue weighted by molar-refractivity contribution is -0.138. The summed E-state index contributed by atoms with van der Waals surface area (Å²) in [4.78, 5) is 17.7. The van der Waals surface area contributed by atoms with Gasteiger partial charge in [0.15, 0.2) is 5.78 Å². The van der Waals surface area contributed by atoms with Gasteiger partial charge in [0.2, 0.25) is 0 Å². The van der Waals surface area contributed by atoms with Gasteiger partial charge in [0.05, 0.1) is 5.60 Å². The van der Waals surface area contributed by atoms with E-state index in [0.717, 1.165) is 63.8 Å². The van der Waals surface area contributed by atoms with Gasteiger partial charge in [-0.05, 0) is 95.7 Å². The Morgan fingerprint density at radius 2 is 1.88 bits per heavy atom. The molecule has 178 valence electrons. The Kier molecular flexibility index (Phi) is 7.13.